The van der Waals surface area contributed by atoms with Crippen molar-refractivity contribution < 1.29 is 9.53 Å². The third-order valence-corrected chi connectivity index (χ3v) is 2.93. The summed E-state index contributed by atoms with van der Waals surface area (Å²) in [5.74, 6) is 0.646. The van der Waals surface area contributed by atoms with Crippen LogP contribution < -0.4 is 15.8 Å². The molecule has 0 fully saturated rings. The number of nitrogens with one attached hydrogen (secondary N) is 1. The van der Waals surface area contributed by atoms with Gasteiger partial charge in [0.25, 0.3) is 5.91 Å². The Bertz CT molecular complexity index is 606. The number of carbonyl (C=O) groups excluding carboxylic acids is 1. The molecule has 0 radical (unpaired) electrons. The number of anilines is 2. The molecule has 0 unspecified atom stereocenters. The van der Waals surface area contributed by atoms with E-state index in [1.54, 1.807) is 24.3 Å². The maximum absolute atomic E-state index is 12.1. The molecule has 4 heteroatoms. The molecule has 0 saturated heterocycles. The van der Waals surface area contributed by atoms with E-state index in [1.807, 2.05) is 32.0 Å². The zero-order valence-corrected chi connectivity index (χ0v) is 11.6. The molecule has 4 nitrogen and oxygen atoms in total. The number of hydrogen-bond acceptors (Lipinski definition) is 3. The Morgan fingerprint density at radius 2 is 1.90 bits per heavy atom. The van der Waals surface area contributed by atoms with Gasteiger partial charge in [-0.3, -0.25) is 4.79 Å². The van der Waals surface area contributed by atoms with Crippen LogP contribution in [-0.2, 0) is 0 Å². The van der Waals surface area contributed by atoms with Crippen LogP contribution in [0.4, 0.5) is 11.4 Å². The first-order valence-corrected chi connectivity index (χ1v) is 6.50. The molecule has 0 saturated carbocycles. The number of rotatable bonds is 4. The summed E-state index contributed by atoms with van der Waals surface area (Å²) in [5, 5.41) is 2.88. The van der Waals surface area contributed by atoms with Gasteiger partial charge in [0.1, 0.15) is 5.75 Å². The van der Waals surface area contributed by atoms with Crippen LogP contribution in [0.3, 0.4) is 0 Å². The van der Waals surface area contributed by atoms with E-state index < -0.39 is 0 Å². The number of nitrogen functional groups attached to an aromatic ring is 1. The lowest BCUT2D eigenvalue weighted by Gasteiger charge is -2.10. The van der Waals surface area contributed by atoms with Crippen molar-refractivity contribution in [2.24, 2.45) is 0 Å². The molecule has 0 aromatic heterocycles. The second-order valence-electron chi connectivity index (χ2n) is 4.49. The molecule has 0 aliphatic rings. The van der Waals surface area contributed by atoms with Crippen LogP contribution in [0.5, 0.6) is 5.75 Å². The first-order valence-electron chi connectivity index (χ1n) is 6.50. The highest BCUT2D eigenvalue weighted by Crippen LogP contribution is 2.22. The topological polar surface area (TPSA) is 64.3 Å². The van der Waals surface area contributed by atoms with Crippen LogP contribution in [0.2, 0.25) is 0 Å². The normalized spacial score (nSPS) is 10.1. The number of nitrogens with two attached hydrogens (primary N) is 1. The van der Waals surface area contributed by atoms with Gasteiger partial charge in [0.2, 0.25) is 0 Å². The molecule has 2 rings (SSSR count). The van der Waals surface area contributed by atoms with Gasteiger partial charge in [0, 0.05) is 16.9 Å². The quantitative estimate of drug-likeness (QED) is 0.838. The summed E-state index contributed by atoms with van der Waals surface area (Å²) in [7, 11) is 0. The number of hydrogen-bond donors (Lipinski definition) is 2. The molecule has 0 aliphatic heterocycles. The van der Waals surface area contributed by atoms with Crippen LogP contribution in [-0.4, -0.2) is 12.5 Å². The second-order valence-corrected chi connectivity index (χ2v) is 4.49. The summed E-state index contributed by atoms with van der Waals surface area (Å²) in [6.07, 6.45) is 0. The maximum atomic E-state index is 12.1. The van der Waals surface area contributed by atoms with E-state index in [0.717, 1.165) is 17.0 Å². The van der Waals surface area contributed by atoms with E-state index in [2.05, 4.69) is 5.32 Å². The lowest BCUT2D eigenvalue weighted by atomic mass is 10.1. The lowest BCUT2D eigenvalue weighted by molar-refractivity contribution is 0.102. The zero-order chi connectivity index (χ0) is 14.5. The Balaban J connectivity index is 2.13. The van der Waals surface area contributed by atoms with E-state index in [9.17, 15) is 4.79 Å². The molecule has 0 atom stereocenters. The molecular formula is C16H18N2O2. The van der Waals surface area contributed by atoms with Crippen molar-refractivity contribution in [3.8, 4) is 5.75 Å². The third-order valence-electron chi connectivity index (χ3n) is 2.93. The standard InChI is InChI=1S/C16H18N2O2/c1-3-20-14-8-9-15(11(2)10-14)18-16(19)12-4-6-13(17)7-5-12/h4-10H,3,17H2,1-2H3,(H,18,19). The summed E-state index contributed by atoms with van der Waals surface area (Å²) >= 11 is 0. The molecule has 20 heavy (non-hydrogen) atoms. The molecule has 0 aliphatic carbocycles. The summed E-state index contributed by atoms with van der Waals surface area (Å²) in [6, 6.07) is 12.4. The Kier molecular flexibility index (Phi) is 4.25. The minimum atomic E-state index is -0.155. The van der Waals surface area contributed by atoms with Gasteiger partial charge in [-0.15, -0.1) is 0 Å². The number of amides is 1. The Labute approximate surface area is 118 Å². The van der Waals surface area contributed by atoms with Crippen LogP contribution in [0, 0.1) is 6.92 Å². The van der Waals surface area contributed by atoms with E-state index in [0.29, 0.717) is 17.9 Å². The van der Waals surface area contributed by atoms with E-state index in [4.69, 9.17) is 10.5 Å². The summed E-state index contributed by atoms with van der Waals surface area (Å²) < 4.78 is 5.42. The van der Waals surface area contributed by atoms with E-state index in [1.165, 1.54) is 0 Å². The molecule has 0 heterocycles. The molecule has 2 aromatic carbocycles. The van der Waals surface area contributed by atoms with Gasteiger partial charge in [-0.05, 0) is 61.9 Å². The molecule has 104 valence electrons. The highest BCUT2D eigenvalue weighted by molar-refractivity contribution is 6.04. The zero-order valence-electron chi connectivity index (χ0n) is 11.6. The summed E-state index contributed by atoms with van der Waals surface area (Å²) in [6.45, 7) is 4.49. The Morgan fingerprint density at radius 3 is 2.50 bits per heavy atom. The molecule has 2 aromatic rings. The fourth-order valence-corrected chi connectivity index (χ4v) is 1.86. The number of aryl methyl sites for hydroxylation is 1. The molecule has 0 bridgehead atoms. The SMILES string of the molecule is CCOc1ccc(NC(=O)c2ccc(N)cc2)c(C)c1. The van der Waals surface area contributed by atoms with Crippen molar-refractivity contribution in [2.75, 3.05) is 17.7 Å². The van der Waals surface area contributed by atoms with Gasteiger partial charge in [-0.1, -0.05) is 0 Å². The van der Waals surface area contributed by atoms with Gasteiger partial charge in [-0.2, -0.15) is 0 Å². The van der Waals surface area contributed by atoms with Crippen molar-refractivity contribution >= 4 is 17.3 Å². The number of ether oxygens (including phenoxy) is 1. The summed E-state index contributed by atoms with van der Waals surface area (Å²) in [5.41, 5.74) is 8.55. The smallest absolute Gasteiger partial charge is 0.255 e. The van der Waals surface area contributed by atoms with Crippen LogP contribution in [0.25, 0.3) is 0 Å². The van der Waals surface area contributed by atoms with Crippen molar-refractivity contribution in [2.45, 2.75) is 13.8 Å². The minimum Gasteiger partial charge on any atom is -0.494 e. The predicted octanol–water partition coefficient (Wildman–Crippen LogP) is 3.23. The van der Waals surface area contributed by atoms with Gasteiger partial charge in [-0.25, -0.2) is 0 Å². The van der Waals surface area contributed by atoms with Crippen molar-refractivity contribution in [3.05, 3.63) is 53.6 Å². The summed E-state index contributed by atoms with van der Waals surface area (Å²) in [4.78, 5) is 12.1. The van der Waals surface area contributed by atoms with Gasteiger partial charge >= 0.3 is 0 Å². The van der Waals surface area contributed by atoms with E-state index in [-0.39, 0.29) is 5.91 Å². The van der Waals surface area contributed by atoms with Crippen molar-refractivity contribution in [1.29, 1.82) is 0 Å². The van der Waals surface area contributed by atoms with Crippen LogP contribution in [0.1, 0.15) is 22.8 Å². The average molecular weight is 270 g/mol. The highest BCUT2D eigenvalue weighted by atomic mass is 16.5. The van der Waals surface area contributed by atoms with Crippen LogP contribution >= 0.6 is 0 Å². The fraction of sp³-hybridized carbons (Fsp3) is 0.188. The van der Waals surface area contributed by atoms with Crippen LogP contribution in [0.15, 0.2) is 42.5 Å². The number of benzene rings is 2. The van der Waals surface area contributed by atoms with Crippen molar-refractivity contribution in [3.63, 3.8) is 0 Å². The monoisotopic (exact) mass is 270 g/mol. The fourth-order valence-electron chi connectivity index (χ4n) is 1.86. The van der Waals surface area contributed by atoms with Gasteiger partial charge < -0.3 is 15.8 Å². The van der Waals surface area contributed by atoms with Crippen molar-refractivity contribution in [1.82, 2.24) is 0 Å². The largest absolute Gasteiger partial charge is 0.494 e. The second kappa shape index (κ2) is 6.10. The Hall–Kier alpha value is -2.49. The predicted molar refractivity (Wildman–Crippen MR) is 81.2 cm³/mol. The highest BCUT2D eigenvalue weighted by Gasteiger charge is 2.08. The average Bonchev–Trinajstić information content (AvgIpc) is 2.43. The molecule has 1 amide bonds. The van der Waals surface area contributed by atoms with Gasteiger partial charge in [0.15, 0.2) is 0 Å². The molecule has 3 N–H and O–H groups in total. The van der Waals surface area contributed by atoms with E-state index >= 15 is 0 Å². The first-order chi connectivity index (χ1) is 9.60. The lowest BCUT2D eigenvalue weighted by Crippen LogP contribution is -2.12. The maximum Gasteiger partial charge on any atom is 0.255 e. The molecular weight excluding hydrogens is 252 g/mol. The van der Waals surface area contributed by atoms with Gasteiger partial charge in [0.05, 0.1) is 6.61 Å². The Morgan fingerprint density at radius 1 is 1.20 bits per heavy atom. The number of carbonyl (C=O) groups is 1. The molecule has 0 spiro atoms. The minimum absolute atomic E-state index is 0.155. The first kappa shape index (κ1) is 13.9. The third kappa shape index (κ3) is 3.29.